The number of ether oxygens (including phenoxy) is 2. The summed E-state index contributed by atoms with van der Waals surface area (Å²) in [4.78, 5) is 24.7. The minimum absolute atomic E-state index is 0.191. The second-order valence-corrected chi connectivity index (χ2v) is 6.62. The summed E-state index contributed by atoms with van der Waals surface area (Å²) in [5.74, 6) is -0.100. The van der Waals surface area contributed by atoms with Crippen LogP contribution in [0.1, 0.15) is 24.2 Å². The fourth-order valence-corrected chi connectivity index (χ4v) is 2.78. The second-order valence-electron chi connectivity index (χ2n) is 6.62. The number of phenolic OH excluding ortho intramolecular Hbond substituents is 1. The van der Waals surface area contributed by atoms with E-state index in [4.69, 9.17) is 9.47 Å². The van der Waals surface area contributed by atoms with Crippen molar-refractivity contribution in [2.24, 2.45) is 0 Å². The second kappa shape index (κ2) is 9.60. The summed E-state index contributed by atoms with van der Waals surface area (Å²) in [6.45, 7) is 3.98. The molecule has 2 N–H and O–H groups in total. The molecule has 0 bridgehead atoms. The Bertz CT molecular complexity index is 995. The minimum Gasteiger partial charge on any atom is -0.508 e. The largest absolute Gasteiger partial charge is 0.508 e. The summed E-state index contributed by atoms with van der Waals surface area (Å²) in [6.07, 6.45) is -0.958. The molecule has 0 aromatic heterocycles. The molecule has 3 rings (SSSR count). The van der Waals surface area contributed by atoms with E-state index < -0.39 is 18.0 Å². The van der Waals surface area contributed by atoms with Gasteiger partial charge in [-0.2, -0.15) is 0 Å². The normalized spacial score (nSPS) is 11.4. The Morgan fingerprint density at radius 3 is 2.03 bits per heavy atom. The molecule has 6 nitrogen and oxygen atoms in total. The van der Waals surface area contributed by atoms with Gasteiger partial charge in [-0.3, -0.25) is 4.79 Å². The fourth-order valence-electron chi connectivity index (χ4n) is 2.78. The van der Waals surface area contributed by atoms with Crippen LogP contribution in [0.3, 0.4) is 0 Å². The highest BCUT2D eigenvalue weighted by Gasteiger charge is 2.19. The number of carbonyl (C=O) groups excluding carboxylic acids is 2. The first-order valence-electron chi connectivity index (χ1n) is 9.60. The van der Waals surface area contributed by atoms with E-state index in [1.54, 1.807) is 72.8 Å². The van der Waals surface area contributed by atoms with Crippen LogP contribution >= 0.6 is 0 Å². The number of hydrogen-bond acceptors (Lipinski definition) is 5. The Kier molecular flexibility index (Phi) is 6.70. The first-order valence-corrected chi connectivity index (χ1v) is 9.60. The Morgan fingerprint density at radius 2 is 1.47 bits per heavy atom. The molecule has 6 heteroatoms. The maximum absolute atomic E-state index is 12.4. The highest BCUT2D eigenvalue weighted by atomic mass is 16.5. The van der Waals surface area contributed by atoms with Crippen molar-refractivity contribution < 1.29 is 24.2 Å². The van der Waals surface area contributed by atoms with Crippen LogP contribution in [0.5, 0.6) is 11.5 Å². The van der Waals surface area contributed by atoms with Crippen LogP contribution in [0.4, 0.5) is 5.69 Å². The molecule has 154 valence electrons. The van der Waals surface area contributed by atoms with Crippen LogP contribution in [0, 0.1) is 0 Å². The molecule has 0 saturated carbocycles. The molecule has 1 amide bonds. The third-order valence-electron chi connectivity index (χ3n) is 4.41. The van der Waals surface area contributed by atoms with E-state index >= 15 is 0 Å². The van der Waals surface area contributed by atoms with Gasteiger partial charge in [0.15, 0.2) is 6.10 Å². The van der Waals surface area contributed by atoms with E-state index in [0.29, 0.717) is 23.6 Å². The smallest absolute Gasteiger partial charge is 0.338 e. The lowest BCUT2D eigenvalue weighted by Crippen LogP contribution is -2.30. The molecule has 1 atom stereocenters. The van der Waals surface area contributed by atoms with Gasteiger partial charge in [0, 0.05) is 5.69 Å². The van der Waals surface area contributed by atoms with Crippen molar-refractivity contribution in [1.29, 1.82) is 0 Å². The number of amides is 1. The number of anilines is 1. The summed E-state index contributed by atoms with van der Waals surface area (Å²) in [5.41, 5.74) is 2.74. The molecular weight excluding hydrogens is 382 g/mol. The van der Waals surface area contributed by atoms with Crippen molar-refractivity contribution >= 4 is 17.6 Å². The average molecular weight is 405 g/mol. The SMILES string of the molecule is CCOc1ccc(NC(=O)[C@@H](C)OC(=O)c2ccc(-c3ccc(O)cc3)cc2)cc1. The third-order valence-corrected chi connectivity index (χ3v) is 4.41. The topological polar surface area (TPSA) is 84.9 Å². The zero-order chi connectivity index (χ0) is 21.5. The number of phenols is 1. The number of carbonyl (C=O) groups is 2. The van der Waals surface area contributed by atoms with Crippen molar-refractivity contribution in [1.82, 2.24) is 0 Å². The molecule has 0 saturated heterocycles. The monoisotopic (exact) mass is 405 g/mol. The molecule has 3 aromatic carbocycles. The first kappa shape index (κ1) is 20.9. The quantitative estimate of drug-likeness (QED) is 0.559. The zero-order valence-corrected chi connectivity index (χ0v) is 16.8. The first-order chi connectivity index (χ1) is 14.5. The zero-order valence-electron chi connectivity index (χ0n) is 16.8. The number of esters is 1. The average Bonchev–Trinajstić information content (AvgIpc) is 2.76. The molecule has 3 aromatic rings. The molecule has 0 aliphatic carbocycles. The van der Waals surface area contributed by atoms with E-state index in [9.17, 15) is 14.7 Å². The molecule has 0 radical (unpaired) electrons. The standard InChI is InChI=1S/C24H23NO5/c1-3-29-22-14-10-20(11-15-22)25-23(27)16(2)30-24(28)19-6-4-17(5-7-19)18-8-12-21(26)13-9-18/h4-16,26H,3H2,1-2H3,(H,25,27)/t16-/m1/s1. The lowest BCUT2D eigenvalue weighted by atomic mass is 10.0. The summed E-state index contributed by atoms with van der Waals surface area (Å²) in [7, 11) is 0. The number of nitrogens with one attached hydrogen (secondary N) is 1. The summed E-state index contributed by atoms with van der Waals surface area (Å²) in [6, 6.07) is 20.6. The molecule has 0 unspecified atom stereocenters. The van der Waals surface area contributed by atoms with Crippen LogP contribution in [-0.4, -0.2) is 29.7 Å². The van der Waals surface area contributed by atoms with Gasteiger partial charge in [0.05, 0.1) is 12.2 Å². The maximum Gasteiger partial charge on any atom is 0.338 e. The van der Waals surface area contributed by atoms with Gasteiger partial charge in [0.2, 0.25) is 0 Å². The van der Waals surface area contributed by atoms with Gasteiger partial charge in [-0.05, 0) is 73.5 Å². The molecular formula is C24H23NO5. The highest BCUT2D eigenvalue weighted by molar-refractivity contribution is 5.97. The van der Waals surface area contributed by atoms with Gasteiger partial charge in [-0.1, -0.05) is 24.3 Å². The van der Waals surface area contributed by atoms with Crippen molar-refractivity contribution in [3.05, 3.63) is 78.4 Å². The maximum atomic E-state index is 12.4. The Morgan fingerprint density at radius 1 is 0.900 bits per heavy atom. The molecule has 0 fully saturated rings. The van der Waals surface area contributed by atoms with Crippen LogP contribution in [-0.2, 0) is 9.53 Å². The fraction of sp³-hybridized carbons (Fsp3) is 0.167. The van der Waals surface area contributed by atoms with Gasteiger partial charge in [-0.15, -0.1) is 0 Å². The molecule has 0 aliphatic heterocycles. The predicted octanol–water partition coefficient (Wildman–Crippen LogP) is 4.64. The third kappa shape index (κ3) is 5.38. The van der Waals surface area contributed by atoms with E-state index in [2.05, 4.69) is 5.32 Å². The number of aromatic hydroxyl groups is 1. The Balaban J connectivity index is 1.57. The number of hydrogen-bond donors (Lipinski definition) is 2. The van der Waals surface area contributed by atoms with Gasteiger partial charge in [0.25, 0.3) is 5.91 Å². The van der Waals surface area contributed by atoms with Crippen LogP contribution < -0.4 is 10.1 Å². The summed E-state index contributed by atoms with van der Waals surface area (Å²) < 4.78 is 10.6. The van der Waals surface area contributed by atoms with Gasteiger partial charge < -0.3 is 19.9 Å². The predicted molar refractivity (Wildman–Crippen MR) is 115 cm³/mol. The summed E-state index contributed by atoms with van der Waals surface area (Å²) in [5, 5.41) is 12.1. The van der Waals surface area contributed by atoms with E-state index in [-0.39, 0.29) is 5.75 Å². The van der Waals surface area contributed by atoms with Crippen LogP contribution in [0.25, 0.3) is 11.1 Å². The minimum atomic E-state index is -0.958. The van der Waals surface area contributed by atoms with Crippen molar-refractivity contribution in [3.8, 4) is 22.6 Å². The summed E-state index contributed by atoms with van der Waals surface area (Å²) >= 11 is 0. The molecule has 0 heterocycles. The molecule has 30 heavy (non-hydrogen) atoms. The lowest BCUT2D eigenvalue weighted by molar-refractivity contribution is -0.123. The van der Waals surface area contributed by atoms with E-state index in [1.165, 1.54) is 6.92 Å². The number of benzene rings is 3. The highest BCUT2D eigenvalue weighted by Crippen LogP contribution is 2.22. The van der Waals surface area contributed by atoms with Crippen molar-refractivity contribution in [2.75, 3.05) is 11.9 Å². The molecule has 0 aliphatic rings. The van der Waals surface area contributed by atoms with Crippen molar-refractivity contribution in [3.63, 3.8) is 0 Å². The van der Waals surface area contributed by atoms with E-state index in [1.807, 2.05) is 6.92 Å². The van der Waals surface area contributed by atoms with Crippen LogP contribution in [0.15, 0.2) is 72.8 Å². The van der Waals surface area contributed by atoms with E-state index in [0.717, 1.165) is 11.1 Å². The van der Waals surface area contributed by atoms with Gasteiger partial charge in [0.1, 0.15) is 11.5 Å². The lowest BCUT2D eigenvalue weighted by Gasteiger charge is -2.14. The van der Waals surface area contributed by atoms with Gasteiger partial charge in [-0.25, -0.2) is 4.79 Å². The molecule has 0 spiro atoms. The van der Waals surface area contributed by atoms with Crippen molar-refractivity contribution in [2.45, 2.75) is 20.0 Å². The Hall–Kier alpha value is -3.80. The number of rotatable bonds is 7. The Labute approximate surface area is 175 Å². The van der Waals surface area contributed by atoms with Crippen LogP contribution in [0.2, 0.25) is 0 Å². The van der Waals surface area contributed by atoms with Gasteiger partial charge >= 0.3 is 5.97 Å².